The molecule has 0 spiro atoms. The van der Waals surface area contributed by atoms with E-state index in [1.54, 1.807) is 6.20 Å². The second-order valence-corrected chi connectivity index (χ2v) is 5.25. The highest BCUT2D eigenvalue weighted by molar-refractivity contribution is 6.00. The molecule has 4 N–H and O–H groups in total. The van der Waals surface area contributed by atoms with Gasteiger partial charge in [0.15, 0.2) is 0 Å². The first-order valence-corrected chi connectivity index (χ1v) is 6.71. The van der Waals surface area contributed by atoms with Gasteiger partial charge in [-0.05, 0) is 24.8 Å². The summed E-state index contributed by atoms with van der Waals surface area (Å²) in [7, 11) is 0. The fourth-order valence-electron chi connectivity index (χ4n) is 2.83. The van der Waals surface area contributed by atoms with E-state index in [2.05, 4.69) is 15.5 Å². The van der Waals surface area contributed by atoms with Gasteiger partial charge in [-0.1, -0.05) is 18.6 Å². The van der Waals surface area contributed by atoms with Crippen molar-refractivity contribution in [3.63, 3.8) is 0 Å². The average molecular weight is 258 g/mol. The number of H-pyrrole nitrogens is 1. The molecule has 0 bridgehead atoms. The summed E-state index contributed by atoms with van der Waals surface area (Å²) >= 11 is 0. The van der Waals surface area contributed by atoms with Crippen molar-refractivity contribution in [3.8, 4) is 0 Å². The number of benzene rings is 1. The van der Waals surface area contributed by atoms with Crippen LogP contribution < -0.4 is 11.1 Å². The molecule has 3 rings (SSSR count). The van der Waals surface area contributed by atoms with E-state index < -0.39 is 0 Å². The largest absolute Gasteiger partial charge is 0.327 e. The standard InChI is InChI=1S/C14H18N4O/c15-11-5-1-3-9(11)7-13(19)17-12-6-2-4-10-8-16-18-14(10)12/h2,4,6,8-9,11H,1,3,5,7,15H2,(H,16,18)(H,17,19)/t9-,11+/m0/s1. The monoisotopic (exact) mass is 258 g/mol. The van der Waals surface area contributed by atoms with Gasteiger partial charge in [-0.2, -0.15) is 5.10 Å². The van der Waals surface area contributed by atoms with Gasteiger partial charge < -0.3 is 11.1 Å². The van der Waals surface area contributed by atoms with Gasteiger partial charge in [0, 0.05) is 17.8 Å². The Bertz CT molecular complexity index is 592. The Hall–Kier alpha value is -1.88. The highest BCUT2D eigenvalue weighted by Crippen LogP contribution is 2.27. The molecule has 2 aromatic rings. The second kappa shape index (κ2) is 5.01. The number of nitrogens with zero attached hydrogens (tertiary/aromatic N) is 1. The molecule has 0 aliphatic heterocycles. The molecule has 1 aliphatic rings. The van der Waals surface area contributed by atoms with Crippen molar-refractivity contribution in [2.75, 3.05) is 5.32 Å². The van der Waals surface area contributed by atoms with Crippen LogP contribution in [0.1, 0.15) is 25.7 Å². The molecule has 1 fully saturated rings. The lowest BCUT2D eigenvalue weighted by atomic mass is 10.00. The highest BCUT2D eigenvalue weighted by atomic mass is 16.1. The Morgan fingerprint density at radius 1 is 1.47 bits per heavy atom. The molecule has 1 aromatic carbocycles. The predicted octanol–water partition coefficient (Wildman–Crippen LogP) is 2.02. The Kier molecular flexibility index (Phi) is 3.21. The molecule has 1 saturated carbocycles. The van der Waals surface area contributed by atoms with Gasteiger partial charge in [0.2, 0.25) is 5.91 Å². The number of carbonyl (C=O) groups is 1. The lowest BCUT2D eigenvalue weighted by Gasteiger charge is -2.14. The van der Waals surface area contributed by atoms with Crippen molar-refractivity contribution in [2.24, 2.45) is 11.7 Å². The van der Waals surface area contributed by atoms with Crippen LogP contribution in [-0.2, 0) is 4.79 Å². The second-order valence-electron chi connectivity index (χ2n) is 5.25. The fraction of sp³-hybridized carbons (Fsp3) is 0.429. The third-order valence-corrected chi connectivity index (χ3v) is 3.92. The zero-order chi connectivity index (χ0) is 13.2. The maximum atomic E-state index is 12.1. The van der Waals surface area contributed by atoms with Crippen molar-refractivity contribution < 1.29 is 4.79 Å². The maximum absolute atomic E-state index is 12.1. The van der Waals surface area contributed by atoms with Gasteiger partial charge in [0.25, 0.3) is 0 Å². The van der Waals surface area contributed by atoms with Crippen molar-refractivity contribution >= 4 is 22.5 Å². The summed E-state index contributed by atoms with van der Waals surface area (Å²) in [6, 6.07) is 5.93. The van der Waals surface area contributed by atoms with E-state index >= 15 is 0 Å². The van der Waals surface area contributed by atoms with Gasteiger partial charge in [-0.25, -0.2) is 0 Å². The molecule has 100 valence electrons. The summed E-state index contributed by atoms with van der Waals surface area (Å²) in [6.07, 6.45) is 5.48. The quantitative estimate of drug-likeness (QED) is 0.787. The van der Waals surface area contributed by atoms with Gasteiger partial charge in [-0.3, -0.25) is 9.89 Å². The van der Waals surface area contributed by atoms with E-state index in [0.717, 1.165) is 35.9 Å². The van der Waals surface area contributed by atoms with Crippen molar-refractivity contribution in [3.05, 3.63) is 24.4 Å². The van der Waals surface area contributed by atoms with Crippen LogP contribution in [0.15, 0.2) is 24.4 Å². The molecule has 0 saturated heterocycles. The minimum atomic E-state index is 0.0319. The van der Waals surface area contributed by atoms with E-state index in [4.69, 9.17) is 5.73 Å². The Balaban J connectivity index is 1.70. The van der Waals surface area contributed by atoms with Crippen LogP contribution in [-0.4, -0.2) is 22.1 Å². The Morgan fingerprint density at radius 2 is 2.37 bits per heavy atom. The number of nitrogens with two attached hydrogens (primary N) is 1. The Morgan fingerprint density at radius 3 is 3.16 bits per heavy atom. The van der Waals surface area contributed by atoms with Crippen LogP contribution in [0.2, 0.25) is 0 Å². The smallest absolute Gasteiger partial charge is 0.224 e. The van der Waals surface area contributed by atoms with Gasteiger partial charge in [0.05, 0.1) is 17.4 Å². The first kappa shape index (κ1) is 12.2. The van der Waals surface area contributed by atoms with Crippen LogP contribution in [0.5, 0.6) is 0 Å². The number of rotatable bonds is 3. The number of hydrogen-bond donors (Lipinski definition) is 3. The number of anilines is 1. The summed E-state index contributed by atoms with van der Waals surface area (Å²) in [5.74, 6) is 0.352. The van der Waals surface area contributed by atoms with Crippen LogP contribution in [0, 0.1) is 5.92 Å². The average Bonchev–Trinajstić information content (AvgIpc) is 3.00. The van der Waals surface area contributed by atoms with Crippen molar-refractivity contribution in [1.29, 1.82) is 0 Å². The molecule has 1 aliphatic carbocycles. The number of fused-ring (bicyclic) bond motifs is 1. The molecule has 1 heterocycles. The van der Waals surface area contributed by atoms with Crippen molar-refractivity contribution in [1.82, 2.24) is 10.2 Å². The van der Waals surface area contributed by atoms with Gasteiger partial charge in [-0.15, -0.1) is 0 Å². The zero-order valence-electron chi connectivity index (χ0n) is 10.7. The number of hydrogen-bond acceptors (Lipinski definition) is 3. The van der Waals surface area contributed by atoms with Crippen molar-refractivity contribution in [2.45, 2.75) is 31.7 Å². The van der Waals surface area contributed by atoms with E-state index in [1.807, 2.05) is 18.2 Å². The number of amides is 1. The summed E-state index contributed by atoms with van der Waals surface area (Å²) < 4.78 is 0. The van der Waals surface area contributed by atoms with E-state index in [0.29, 0.717) is 12.3 Å². The molecule has 1 aromatic heterocycles. The fourth-order valence-corrected chi connectivity index (χ4v) is 2.83. The number of aromatic amines is 1. The number of aromatic nitrogens is 2. The topological polar surface area (TPSA) is 83.8 Å². The lowest BCUT2D eigenvalue weighted by molar-refractivity contribution is -0.117. The van der Waals surface area contributed by atoms with E-state index in [9.17, 15) is 4.79 Å². The Labute approximate surface area is 111 Å². The molecule has 1 amide bonds. The van der Waals surface area contributed by atoms with Gasteiger partial charge in [0.1, 0.15) is 0 Å². The summed E-state index contributed by atoms with van der Waals surface area (Å²) in [5, 5.41) is 10.8. The molecule has 2 atom stereocenters. The van der Waals surface area contributed by atoms with Crippen LogP contribution in [0.3, 0.4) is 0 Å². The molecule has 5 nitrogen and oxygen atoms in total. The SMILES string of the molecule is N[C@@H]1CCC[C@H]1CC(=O)Nc1cccc2cn[nH]c12. The normalized spacial score (nSPS) is 22.8. The summed E-state index contributed by atoms with van der Waals surface area (Å²) in [4.78, 5) is 12.1. The lowest BCUT2D eigenvalue weighted by Crippen LogP contribution is -2.28. The van der Waals surface area contributed by atoms with Gasteiger partial charge >= 0.3 is 0 Å². The highest BCUT2D eigenvalue weighted by Gasteiger charge is 2.26. The van der Waals surface area contributed by atoms with Crippen LogP contribution in [0.4, 0.5) is 5.69 Å². The molecule has 0 radical (unpaired) electrons. The number of nitrogens with one attached hydrogen (secondary N) is 2. The molecular weight excluding hydrogens is 240 g/mol. The number of carbonyl (C=O) groups excluding carboxylic acids is 1. The molecular formula is C14H18N4O. The van der Waals surface area contributed by atoms with E-state index in [1.165, 1.54) is 0 Å². The minimum absolute atomic E-state index is 0.0319. The first-order valence-electron chi connectivity index (χ1n) is 6.71. The third-order valence-electron chi connectivity index (χ3n) is 3.92. The predicted molar refractivity (Wildman–Crippen MR) is 74.7 cm³/mol. The van der Waals surface area contributed by atoms with Crippen LogP contribution >= 0.6 is 0 Å². The number of para-hydroxylation sites is 1. The molecule has 5 heteroatoms. The molecule has 0 unspecified atom stereocenters. The maximum Gasteiger partial charge on any atom is 0.224 e. The van der Waals surface area contributed by atoms with Crippen LogP contribution in [0.25, 0.3) is 10.9 Å². The third kappa shape index (κ3) is 2.46. The minimum Gasteiger partial charge on any atom is -0.327 e. The zero-order valence-corrected chi connectivity index (χ0v) is 10.7. The molecule has 19 heavy (non-hydrogen) atoms. The first-order chi connectivity index (χ1) is 9.24. The summed E-state index contributed by atoms with van der Waals surface area (Å²) in [6.45, 7) is 0. The van der Waals surface area contributed by atoms with E-state index in [-0.39, 0.29) is 11.9 Å². The summed E-state index contributed by atoms with van der Waals surface area (Å²) in [5.41, 5.74) is 7.65.